The minimum Gasteiger partial charge on any atom is -0.481 e. The summed E-state index contributed by atoms with van der Waals surface area (Å²) < 4.78 is 37.8. The van der Waals surface area contributed by atoms with Crippen molar-refractivity contribution < 1.29 is 23.1 Å². The molecule has 0 amide bonds. The van der Waals surface area contributed by atoms with Crippen LogP contribution in [-0.4, -0.2) is 49.0 Å². The van der Waals surface area contributed by atoms with Gasteiger partial charge in [0, 0.05) is 53.0 Å². The number of nitrogens with two attached hydrogens (primary N) is 2. The van der Waals surface area contributed by atoms with Crippen molar-refractivity contribution in [2.75, 3.05) is 31.1 Å². The SMILES string of the molecule is C=c1ccccc1=C1c2ccc(N)c(C)c2Oc2c1ccc(N)c2S(=O)(=O)N(CCCCCNC1(C(C)C(C)C)CCCC1)CCCCCC(=O)O. The van der Waals surface area contributed by atoms with Crippen molar-refractivity contribution in [2.45, 2.75) is 109 Å². The first kappa shape index (κ1) is 39.3. The molecule has 1 heterocycles. The zero-order valence-electron chi connectivity index (χ0n) is 31.5. The Labute approximate surface area is 310 Å². The number of anilines is 2. The van der Waals surface area contributed by atoms with Crippen LogP contribution in [0.1, 0.15) is 108 Å². The number of fused-ring (bicyclic) bond motifs is 2. The van der Waals surface area contributed by atoms with Crippen molar-refractivity contribution in [2.24, 2.45) is 11.8 Å². The third kappa shape index (κ3) is 8.35. The van der Waals surface area contributed by atoms with Crippen LogP contribution in [0.2, 0.25) is 0 Å². The Morgan fingerprint density at radius 2 is 1.52 bits per heavy atom. The second-order valence-electron chi connectivity index (χ2n) is 15.1. The maximum Gasteiger partial charge on any atom is 0.303 e. The van der Waals surface area contributed by atoms with Crippen LogP contribution in [0.3, 0.4) is 0 Å². The van der Waals surface area contributed by atoms with E-state index in [0.717, 1.165) is 41.0 Å². The molecule has 282 valence electrons. The van der Waals surface area contributed by atoms with Gasteiger partial charge < -0.3 is 26.6 Å². The molecule has 1 saturated carbocycles. The lowest BCUT2D eigenvalue weighted by molar-refractivity contribution is -0.137. The number of nitrogen functional groups attached to an aromatic ring is 2. The number of unbranched alkanes of at least 4 members (excludes halogenated alkanes) is 4. The highest BCUT2D eigenvalue weighted by molar-refractivity contribution is 7.89. The van der Waals surface area contributed by atoms with Crippen LogP contribution in [0.15, 0.2) is 53.4 Å². The van der Waals surface area contributed by atoms with Gasteiger partial charge >= 0.3 is 5.97 Å². The Balaban J connectivity index is 1.45. The highest BCUT2D eigenvalue weighted by Gasteiger charge is 2.40. The number of carbonyl (C=O) groups is 1. The number of hydrogen-bond donors (Lipinski definition) is 4. The molecule has 3 aromatic carbocycles. The normalized spacial score (nSPS) is 16.8. The standard InChI is InChI=1S/C42H58N4O5S/c1-28(2)31(5)42(23-11-12-24-42)45-25-13-7-15-27-46(26-14-6-8-18-37(47)48)52(49,50)41-36(44)22-20-34-38(32-17-10-9-16-29(32)3)33-19-21-35(43)30(4)39(33)51-40(34)41/h9-10,16-17,19-22,28,31,45H,3,6-8,11-15,18,23-27,43-44H2,1-2,4-5H3,(H,47,48). The lowest BCUT2D eigenvalue weighted by Crippen LogP contribution is -2.50. The summed E-state index contributed by atoms with van der Waals surface area (Å²) in [6, 6.07) is 15.0. The molecular weight excluding hydrogens is 673 g/mol. The predicted octanol–water partition coefficient (Wildman–Crippen LogP) is 6.92. The maximum atomic E-state index is 14.9. The number of benzene rings is 3. The molecule has 0 aromatic heterocycles. The van der Waals surface area contributed by atoms with Crippen molar-refractivity contribution in [3.05, 3.63) is 75.7 Å². The zero-order valence-corrected chi connectivity index (χ0v) is 32.3. The smallest absolute Gasteiger partial charge is 0.303 e. The van der Waals surface area contributed by atoms with E-state index in [0.29, 0.717) is 66.6 Å². The number of carboxylic acids is 1. The summed E-state index contributed by atoms with van der Waals surface area (Å²) in [5.74, 6) is 1.02. The van der Waals surface area contributed by atoms with E-state index in [2.05, 4.69) is 32.7 Å². The molecule has 9 nitrogen and oxygen atoms in total. The predicted molar refractivity (Wildman–Crippen MR) is 211 cm³/mol. The van der Waals surface area contributed by atoms with Gasteiger partial charge in [-0.2, -0.15) is 4.31 Å². The molecule has 0 bridgehead atoms. The molecule has 1 aliphatic carbocycles. The van der Waals surface area contributed by atoms with Gasteiger partial charge in [-0.3, -0.25) is 4.79 Å². The summed E-state index contributed by atoms with van der Waals surface area (Å²) in [5.41, 5.74) is 16.7. The molecule has 2 aliphatic rings. The van der Waals surface area contributed by atoms with Gasteiger partial charge in [0.2, 0.25) is 10.0 Å². The Morgan fingerprint density at radius 3 is 2.15 bits per heavy atom. The quantitative estimate of drug-likeness (QED) is 0.0676. The molecule has 10 heteroatoms. The molecule has 6 N–H and O–H groups in total. The minimum atomic E-state index is -4.16. The first-order chi connectivity index (χ1) is 24.8. The van der Waals surface area contributed by atoms with E-state index in [1.54, 1.807) is 6.07 Å². The molecule has 52 heavy (non-hydrogen) atoms. The van der Waals surface area contributed by atoms with Crippen molar-refractivity contribution in [3.63, 3.8) is 0 Å². The van der Waals surface area contributed by atoms with Gasteiger partial charge in [0.1, 0.15) is 10.6 Å². The summed E-state index contributed by atoms with van der Waals surface area (Å²) in [4.78, 5) is 11.1. The summed E-state index contributed by atoms with van der Waals surface area (Å²) in [6.07, 6.45) is 9.11. The molecule has 0 spiro atoms. The summed E-state index contributed by atoms with van der Waals surface area (Å²) >= 11 is 0. The van der Waals surface area contributed by atoms with Gasteiger partial charge in [0.05, 0.1) is 5.69 Å². The largest absolute Gasteiger partial charge is 0.481 e. The van der Waals surface area contributed by atoms with Gasteiger partial charge in [0.15, 0.2) is 5.75 Å². The van der Waals surface area contributed by atoms with Crippen LogP contribution in [0, 0.1) is 18.8 Å². The molecule has 5 rings (SSSR count). The van der Waals surface area contributed by atoms with E-state index in [1.807, 2.05) is 49.4 Å². The van der Waals surface area contributed by atoms with Gasteiger partial charge in [-0.15, -0.1) is 0 Å². The number of rotatable bonds is 17. The summed E-state index contributed by atoms with van der Waals surface area (Å²) in [6.45, 7) is 14.6. The zero-order chi connectivity index (χ0) is 37.6. The first-order valence-electron chi connectivity index (χ1n) is 19.0. The van der Waals surface area contributed by atoms with Crippen molar-refractivity contribution in [1.29, 1.82) is 0 Å². The number of hydrogen-bond acceptors (Lipinski definition) is 7. The van der Waals surface area contributed by atoms with E-state index in [1.165, 1.54) is 30.0 Å². The van der Waals surface area contributed by atoms with E-state index in [4.69, 9.17) is 21.3 Å². The van der Waals surface area contributed by atoms with Gasteiger partial charge in [0.25, 0.3) is 0 Å². The minimum absolute atomic E-state index is 0.0535. The van der Waals surface area contributed by atoms with Crippen LogP contribution in [-0.2, 0) is 14.8 Å². The Hall–Kier alpha value is -3.86. The highest BCUT2D eigenvalue weighted by Crippen LogP contribution is 2.49. The summed E-state index contributed by atoms with van der Waals surface area (Å²) in [5, 5.41) is 14.7. The Kier molecular flexibility index (Phi) is 12.8. The fourth-order valence-corrected chi connectivity index (χ4v) is 9.81. The van der Waals surface area contributed by atoms with Crippen LogP contribution in [0.4, 0.5) is 11.4 Å². The van der Waals surface area contributed by atoms with Gasteiger partial charge in [-0.25, -0.2) is 8.42 Å². The van der Waals surface area contributed by atoms with Gasteiger partial charge in [-0.05, 0) is 98.5 Å². The lowest BCUT2D eigenvalue weighted by Gasteiger charge is -2.39. The lowest BCUT2D eigenvalue weighted by atomic mass is 9.77. The van der Waals surface area contributed by atoms with Crippen LogP contribution >= 0.6 is 0 Å². The number of nitrogens with one attached hydrogen (secondary N) is 1. The van der Waals surface area contributed by atoms with Crippen molar-refractivity contribution >= 4 is 39.5 Å². The second-order valence-corrected chi connectivity index (χ2v) is 17.0. The molecular formula is C42H58N4O5S. The molecule has 0 radical (unpaired) electrons. The third-order valence-electron chi connectivity index (χ3n) is 11.4. The summed E-state index contributed by atoms with van der Waals surface area (Å²) in [7, 11) is -4.16. The number of carboxylic acid groups (broad SMARTS) is 1. The highest BCUT2D eigenvalue weighted by atomic mass is 32.2. The third-order valence-corrected chi connectivity index (χ3v) is 13.4. The molecule has 0 saturated heterocycles. The van der Waals surface area contributed by atoms with E-state index < -0.39 is 16.0 Å². The topological polar surface area (TPSA) is 148 Å². The van der Waals surface area contributed by atoms with Crippen molar-refractivity contribution in [1.82, 2.24) is 9.62 Å². The number of ether oxygens (including phenoxy) is 1. The van der Waals surface area contributed by atoms with Crippen molar-refractivity contribution in [3.8, 4) is 11.5 Å². The Bertz CT molecular complexity index is 1970. The van der Waals surface area contributed by atoms with E-state index in [9.17, 15) is 13.2 Å². The van der Waals surface area contributed by atoms with E-state index in [-0.39, 0.29) is 34.8 Å². The fourth-order valence-electron chi connectivity index (χ4n) is 8.07. The average molecular weight is 731 g/mol. The first-order valence-corrected chi connectivity index (χ1v) is 20.5. The number of aliphatic carboxylic acids is 1. The molecule has 1 atom stereocenters. The molecule has 3 aromatic rings. The molecule has 1 aliphatic heterocycles. The molecule has 1 fully saturated rings. The van der Waals surface area contributed by atoms with Crippen LogP contribution < -0.4 is 32.0 Å². The molecule has 1 unspecified atom stereocenters. The second kappa shape index (κ2) is 16.9. The fraction of sp³-hybridized carbons (Fsp3) is 0.500. The van der Waals surface area contributed by atoms with Crippen LogP contribution in [0.5, 0.6) is 11.5 Å². The number of sulfonamides is 1. The Morgan fingerprint density at radius 1 is 0.904 bits per heavy atom. The van der Waals surface area contributed by atoms with E-state index >= 15 is 0 Å². The average Bonchev–Trinajstić information content (AvgIpc) is 3.59. The monoisotopic (exact) mass is 730 g/mol. The maximum absolute atomic E-state index is 14.9. The number of nitrogens with zero attached hydrogens (tertiary/aromatic N) is 1. The van der Waals surface area contributed by atoms with Gasteiger partial charge in [-0.1, -0.05) is 77.3 Å². The van der Waals surface area contributed by atoms with Crippen LogP contribution in [0.25, 0.3) is 12.2 Å².